The fraction of sp³-hybridized carbons (Fsp3) is 0.476. The number of anilines is 2. The molecule has 3 rings (SSSR count). The molecule has 6 nitrogen and oxygen atoms in total. The number of nitrogens with zero attached hydrogens (tertiary/aromatic N) is 2. The van der Waals surface area contributed by atoms with Crippen LogP contribution in [0.1, 0.15) is 55.5 Å². The van der Waals surface area contributed by atoms with Crippen molar-refractivity contribution in [3.63, 3.8) is 0 Å². The van der Waals surface area contributed by atoms with Gasteiger partial charge in [-0.15, -0.1) is 0 Å². The summed E-state index contributed by atoms with van der Waals surface area (Å²) in [6.07, 6.45) is 5.08. The lowest BCUT2D eigenvalue weighted by Crippen LogP contribution is -2.40. The number of rotatable bonds is 6. The Morgan fingerprint density at radius 3 is 2.45 bits per heavy atom. The summed E-state index contributed by atoms with van der Waals surface area (Å²) in [6.45, 7) is 6.09. The van der Waals surface area contributed by atoms with Crippen LogP contribution >= 0.6 is 0 Å². The number of aryl methyl sites for hydroxylation is 1. The van der Waals surface area contributed by atoms with Crippen molar-refractivity contribution in [3.05, 3.63) is 47.2 Å². The van der Waals surface area contributed by atoms with Crippen LogP contribution in [0.15, 0.2) is 24.4 Å². The zero-order chi connectivity index (χ0) is 21.0. The van der Waals surface area contributed by atoms with Crippen molar-refractivity contribution >= 4 is 17.7 Å². The van der Waals surface area contributed by atoms with Gasteiger partial charge in [-0.1, -0.05) is 0 Å². The molecule has 2 aromatic rings. The third-order valence-electron chi connectivity index (χ3n) is 4.97. The van der Waals surface area contributed by atoms with Crippen molar-refractivity contribution < 1.29 is 13.6 Å². The van der Waals surface area contributed by atoms with Gasteiger partial charge in [0.05, 0.1) is 0 Å². The second-order valence-corrected chi connectivity index (χ2v) is 7.82. The lowest BCUT2D eigenvalue weighted by atomic mass is 9.91. The van der Waals surface area contributed by atoms with Crippen LogP contribution in [0.4, 0.5) is 20.5 Å². The monoisotopic (exact) mass is 403 g/mol. The molecule has 29 heavy (non-hydrogen) atoms. The van der Waals surface area contributed by atoms with E-state index in [1.54, 1.807) is 6.20 Å². The zero-order valence-corrected chi connectivity index (χ0v) is 16.9. The number of hydrogen-bond acceptors (Lipinski definition) is 5. The van der Waals surface area contributed by atoms with E-state index in [1.165, 1.54) is 6.07 Å². The van der Waals surface area contributed by atoms with E-state index >= 15 is 0 Å². The highest BCUT2D eigenvalue weighted by molar-refractivity contribution is 5.94. The molecule has 0 atom stereocenters. The standard InChI is InChI=1S/C21H27F2N5O/c1-12(2)25-19-13(3)11-24-21(28-19)27-16-7-5-15(6-8-16)26-20(29)14-4-9-17(22)18(23)10-14/h4,9-12,15-16H,5-8H2,1-3H3,(H,26,29)(H2,24,25,27,28). The molecule has 0 radical (unpaired) electrons. The highest BCUT2D eigenvalue weighted by atomic mass is 19.2. The second kappa shape index (κ2) is 9.15. The van der Waals surface area contributed by atoms with Crippen LogP contribution in [0.5, 0.6) is 0 Å². The molecule has 1 heterocycles. The van der Waals surface area contributed by atoms with Gasteiger partial charge in [-0.05, 0) is 64.7 Å². The van der Waals surface area contributed by atoms with Gasteiger partial charge in [0.2, 0.25) is 5.95 Å². The summed E-state index contributed by atoms with van der Waals surface area (Å²) in [5, 5.41) is 9.60. The van der Waals surface area contributed by atoms with E-state index in [0.29, 0.717) is 5.95 Å². The van der Waals surface area contributed by atoms with Crippen molar-refractivity contribution in [1.82, 2.24) is 15.3 Å². The van der Waals surface area contributed by atoms with Crippen LogP contribution in [-0.4, -0.2) is 34.0 Å². The van der Waals surface area contributed by atoms with Gasteiger partial charge in [-0.25, -0.2) is 13.8 Å². The van der Waals surface area contributed by atoms with Gasteiger partial charge in [0.1, 0.15) is 5.82 Å². The molecular weight excluding hydrogens is 376 g/mol. The minimum atomic E-state index is -1.02. The molecule has 1 aromatic heterocycles. The van der Waals surface area contributed by atoms with Gasteiger partial charge < -0.3 is 16.0 Å². The topological polar surface area (TPSA) is 78.9 Å². The van der Waals surface area contributed by atoms with Crippen molar-refractivity contribution in [1.29, 1.82) is 0 Å². The van der Waals surface area contributed by atoms with Gasteiger partial charge in [0.25, 0.3) is 5.91 Å². The van der Waals surface area contributed by atoms with E-state index in [-0.39, 0.29) is 29.6 Å². The molecule has 1 fully saturated rings. The number of hydrogen-bond donors (Lipinski definition) is 3. The molecule has 1 aromatic carbocycles. The van der Waals surface area contributed by atoms with Crippen LogP contribution in [0.25, 0.3) is 0 Å². The third-order valence-corrected chi connectivity index (χ3v) is 4.97. The first kappa shape index (κ1) is 21.0. The fourth-order valence-electron chi connectivity index (χ4n) is 3.40. The van der Waals surface area contributed by atoms with Gasteiger partial charge in [0, 0.05) is 35.4 Å². The molecular formula is C21H27F2N5O. The largest absolute Gasteiger partial charge is 0.368 e. The first-order valence-electron chi connectivity index (χ1n) is 9.94. The third kappa shape index (κ3) is 5.62. The Hall–Kier alpha value is -2.77. The second-order valence-electron chi connectivity index (χ2n) is 7.82. The van der Waals surface area contributed by atoms with Gasteiger partial charge in [-0.2, -0.15) is 4.98 Å². The summed E-state index contributed by atoms with van der Waals surface area (Å²) < 4.78 is 26.3. The van der Waals surface area contributed by atoms with Gasteiger partial charge >= 0.3 is 0 Å². The Labute approximate surface area is 169 Å². The highest BCUT2D eigenvalue weighted by Crippen LogP contribution is 2.23. The predicted octanol–water partition coefficient (Wildman–Crippen LogP) is 4.04. The molecule has 1 saturated carbocycles. The van der Waals surface area contributed by atoms with E-state index in [9.17, 15) is 13.6 Å². The summed E-state index contributed by atoms with van der Waals surface area (Å²) in [4.78, 5) is 21.2. The molecule has 1 amide bonds. The van der Waals surface area contributed by atoms with Crippen molar-refractivity contribution in [2.45, 2.75) is 64.6 Å². The SMILES string of the molecule is Cc1cnc(NC2CCC(NC(=O)c3ccc(F)c(F)c3)CC2)nc1NC(C)C. The summed E-state index contributed by atoms with van der Waals surface area (Å²) in [5.74, 6) is -0.947. The Morgan fingerprint density at radius 2 is 1.79 bits per heavy atom. The zero-order valence-electron chi connectivity index (χ0n) is 16.9. The van der Waals surface area contributed by atoms with E-state index in [4.69, 9.17) is 0 Å². The Morgan fingerprint density at radius 1 is 1.10 bits per heavy atom. The molecule has 8 heteroatoms. The predicted molar refractivity (Wildman–Crippen MR) is 109 cm³/mol. The minimum absolute atomic E-state index is 0.00534. The number of carbonyl (C=O) groups excluding carboxylic acids is 1. The van der Waals surface area contributed by atoms with E-state index in [1.807, 2.05) is 6.92 Å². The van der Waals surface area contributed by atoms with Crippen LogP contribution in [0.2, 0.25) is 0 Å². The fourth-order valence-corrected chi connectivity index (χ4v) is 3.40. The first-order chi connectivity index (χ1) is 13.8. The van der Waals surface area contributed by atoms with Crippen LogP contribution < -0.4 is 16.0 Å². The number of halogens is 2. The Bertz CT molecular complexity index is 866. The lowest BCUT2D eigenvalue weighted by molar-refractivity contribution is 0.0926. The molecule has 0 spiro atoms. The summed E-state index contributed by atoms with van der Waals surface area (Å²) in [5.41, 5.74) is 1.12. The summed E-state index contributed by atoms with van der Waals surface area (Å²) >= 11 is 0. The molecule has 0 unspecified atom stereocenters. The molecule has 156 valence electrons. The smallest absolute Gasteiger partial charge is 0.251 e. The Kier molecular flexibility index (Phi) is 6.61. The lowest BCUT2D eigenvalue weighted by Gasteiger charge is -2.29. The number of carbonyl (C=O) groups is 1. The molecule has 1 aliphatic carbocycles. The molecule has 1 aliphatic rings. The average Bonchev–Trinajstić information content (AvgIpc) is 2.67. The maximum absolute atomic E-state index is 13.3. The van der Waals surface area contributed by atoms with Crippen LogP contribution in [-0.2, 0) is 0 Å². The quantitative estimate of drug-likeness (QED) is 0.679. The van der Waals surface area contributed by atoms with Crippen molar-refractivity contribution in [2.75, 3.05) is 10.6 Å². The van der Waals surface area contributed by atoms with Crippen molar-refractivity contribution in [3.8, 4) is 0 Å². The maximum atomic E-state index is 13.3. The van der Waals surface area contributed by atoms with Gasteiger partial charge in [0.15, 0.2) is 11.6 Å². The maximum Gasteiger partial charge on any atom is 0.251 e. The summed E-state index contributed by atoms with van der Waals surface area (Å²) in [7, 11) is 0. The number of aromatic nitrogens is 2. The highest BCUT2D eigenvalue weighted by Gasteiger charge is 2.24. The summed E-state index contributed by atoms with van der Waals surface area (Å²) in [6, 6.07) is 3.69. The molecule has 0 bridgehead atoms. The van der Waals surface area contributed by atoms with E-state index < -0.39 is 11.6 Å². The average molecular weight is 403 g/mol. The normalized spacial score (nSPS) is 19.1. The molecule has 0 aliphatic heterocycles. The minimum Gasteiger partial charge on any atom is -0.368 e. The number of benzene rings is 1. The van der Waals surface area contributed by atoms with E-state index in [2.05, 4.69) is 39.8 Å². The van der Waals surface area contributed by atoms with E-state index in [0.717, 1.165) is 49.2 Å². The van der Waals surface area contributed by atoms with Crippen LogP contribution in [0, 0.1) is 18.6 Å². The van der Waals surface area contributed by atoms with Crippen molar-refractivity contribution in [2.24, 2.45) is 0 Å². The number of nitrogens with one attached hydrogen (secondary N) is 3. The molecule has 0 saturated heterocycles. The first-order valence-corrected chi connectivity index (χ1v) is 9.94. The van der Waals surface area contributed by atoms with Crippen LogP contribution in [0.3, 0.4) is 0 Å². The van der Waals surface area contributed by atoms with Gasteiger partial charge in [-0.3, -0.25) is 4.79 Å². The number of amides is 1. The molecule has 3 N–H and O–H groups in total. The Balaban J connectivity index is 1.51.